The van der Waals surface area contributed by atoms with Crippen LogP contribution < -0.4 is 10.5 Å². The number of ether oxygens (including phenoxy) is 1. The fourth-order valence-corrected chi connectivity index (χ4v) is 3.17. The van der Waals surface area contributed by atoms with Gasteiger partial charge in [-0.25, -0.2) is 0 Å². The van der Waals surface area contributed by atoms with Crippen molar-refractivity contribution in [3.63, 3.8) is 0 Å². The third-order valence-corrected chi connectivity index (χ3v) is 4.66. The van der Waals surface area contributed by atoms with Crippen LogP contribution in [-0.4, -0.2) is 49.1 Å². The van der Waals surface area contributed by atoms with E-state index in [2.05, 4.69) is 9.80 Å². The van der Waals surface area contributed by atoms with Gasteiger partial charge in [0.15, 0.2) is 0 Å². The molecule has 7 heteroatoms. The summed E-state index contributed by atoms with van der Waals surface area (Å²) in [6.07, 6.45) is -4.29. The summed E-state index contributed by atoms with van der Waals surface area (Å²) in [5, 5.41) is 0. The number of anilines is 1. The van der Waals surface area contributed by atoms with Crippen LogP contribution in [0, 0.1) is 0 Å². The lowest BCUT2D eigenvalue weighted by molar-refractivity contribution is -0.137. The minimum Gasteiger partial charge on any atom is -0.492 e. The molecule has 0 atom stereocenters. The molecule has 2 aromatic carbocycles. The Morgan fingerprint density at radius 2 is 1.63 bits per heavy atom. The minimum absolute atomic E-state index is 0.539. The smallest absolute Gasteiger partial charge is 0.416 e. The zero-order chi connectivity index (χ0) is 19.3. The summed E-state index contributed by atoms with van der Waals surface area (Å²) in [6, 6.07) is 12.9. The normalized spacial score (nSPS) is 16.4. The van der Waals surface area contributed by atoms with Gasteiger partial charge in [0.2, 0.25) is 0 Å². The molecule has 1 heterocycles. The third kappa shape index (κ3) is 5.87. The van der Waals surface area contributed by atoms with E-state index in [1.807, 2.05) is 18.2 Å². The van der Waals surface area contributed by atoms with Crippen LogP contribution in [0.1, 0.15) is 11.1 Å². The average Bonchev–Trinajstić information content (AvgIpc) is 2.63. The van der Waals surface area contributed by atoms with Crippen LogP contribution in [0.3, 0.4) is 0 Å². The number of hydrogen-bond donors (Lipinski definition) is 1. The Morgan fingerprint density at radius 3 is 2.33 bits per heavy atom. The number of nitrogen functional groups attached to an aromatic ring is 1. The van der Waals surface area contributed by atoms with Gasteiger partial charge < -0.3 is 10.5 Å². The highest BCUT2D eigenvalue weighted by Crippen LogP contribution is 2.29. The van der Waals surface area contributed by atoms with Crippen LogP contribution in [0.5, 0.6) is 5.75 Å². The molecule has 0 amide bonds. The van der Waals surface area contributed by atoms with Crippen molar-refractivity contribution in [2.75, 3.05) is 45.1 Å². The zero-order valence-corrected chi connectivity index (χ0v) is 15.1. The molecule has 0 aromatic heterocycles. The Morgan fingerprint density at radius 1 is 0.926 bits per heavy atom. The Balaban J connectivity index is 1.41. The first-order valence-corrected chi connectivity index (χ1v) is 8.99. The second-order valence-electron chi connectivity index (χ2n) is 6.74. The maximum Gasteiger partial charge on any atom is 0.416 e. The van der Waals surface area contributed by atoms with Crippen molar-refractivity contribution in [1.82, 2.24) is 9.80 Å². The standard InChI is InChI=1S/C20H24F3N3O/c21-20(22,23)17-4-1-3-16(13-17)15-26-9-7-25(8-10-26)11-12-27-19-6-2-5-18(24)14-19/h1-6,13-14H,7-12,15,24H2. The van der Waals surface area contributed by atoms with Crippen molar-refractivity contribution < 1.29 is 17.9 Å². The lowest BCUT2D eigenvalue weighted by atomic mass is 10.1. The first kappa shape index (κ1) is 19.5. The van der Waals surface area contributed by atoms with E-state index in [0.717, 1.165) is 44.5 Å². The fourth-order valence-electron chi connectivity index (χ4n) is 3.17. The van der Waals surface area contributed by atoms with E-state index >= 15 is 0 Å². The van der Waals surface area contributed by atoms with Crippen LogP contribution in [0.2, 0.25) is 0 Å². The summed E-state index contributed by atoms with van der Waals surface area (Å²) >= 11 is 0. The van der Waals surface area contributed by atoms with E-state index < -0.39 is 11.7 Å². The number of hydrogen-bond acceptors (Lipinski definition) is 4. The molecule has 3 rings (SSSR count). The molecule has 27 heavy (non-hydrogen) atoms. The zero-order valence-electron chi connectivity index (χ0n) is 15.1. The van der Waals surface area contributed by atoms with E-state index in [9.17, 15) is 13.2 Å². The Bertz CT molecular complexity index is 743. The van der Waals surface area contributed by atoms with Crippen molar-refractivity contribution in [2.24, 2.45) is 0 Å². The Labute approximate surface area is 157 Å². The van der Waals surface area contributed by atoms with Crippen molar-refractivity contribution in [3.05, 3.63) is 59.7 Å². The first-order chi connectivity index (χ1) is 12.9. The average molecular weight is 379 g/mol. The number of rotatable bonds is 6. The van der Waals surface area contributed by atoms with Gasteiger partial charge in [0.1, 0.15) is 12.4 Å². The van der Waals surface area contributed by atoms with Gasteiger partial charge in [0.25, 0.3) is 0 Å². The van der Waals surface area contributed by atoms with Gasteiger partial charge >= 0.3 is 6.18 Å². The summed E-state index contributed by atoms with van der Waals surface area (Å²) in [7, 11) is 0. The highest BCUT2D eigenvalue weighted by molar-refractivity contribution is 5.43. The van der Waals surface area contributed by atoms with E-state index in [1.165, 1.54) is 12.1 Å². The number of halogens is 3. The van der Waals surface area contributed by atoms with Gasteiger partial charge in [-0.05, 0) is 23.8 Å². The van der Waals surface area contributed by atoms with Crippen LogP contribution in [-0.2, 0) is 12.7 Å². The largest absolute Gasteiger partial charge is 0.492 e. The fraction of sp³-hybridized carbons (Fsp3) is 0.400. The molecule has 146 valence electrons. The molecule has 1 aliphatic heterocycles. The number of alkyl halides is 3. The molecule has 0 bridgehead atoms. The molecule has 1 fully saturated rings. The molecule has 0 unspecified atom stereocenters. The van der Waals surface area contributed by atoms with Crippen molar-refractivity contribution in [2.45, 2.75) is 12.7 Å². The molecule has 4 nitrogen and oxygen atoms in total. The molecule has 1 saturated heterocycles. The first-order valence-electron chi connectivity index (χ1n) is 8.99. The van der Waals surface area contributed by atoms with Crippen molar-refractivity contribution >= 4 is 5.69 Å². The van der Waals surface area contributed by atoms with Crippen LogP contribution in [0.25, 0.3) is 0 Å². The van der Waals surface area contributed by atoms with Crippen molar-refractivity contribution in [1.29, 1.82) is 0 Å². The highest BCUT2D eigenvalue weighted by Gasteiger charge is 2.30. The molecular formula is C20H24F3N3O. The number of nitrogens with zero attached hydrogens (tertiary/aromatic N) is 2. The summed E-state index contributed by atoms with van der Waals surface area (Å²) in [5.41, 5.74) is 6.51. The summed E-state index contributed by atoms with van der Waals surface area (Å²) in [5.74, 6) is 0.762. The second kappa shape index (κ2) is 8.63. The summed E-state index contributed by atoms with van der Waals surface area (Å²) in [4.78, 5) is 4.49. The monoisotopic (exact) mass is 379 g/mol. The molecule has 0 aliphatic carbocycles. The third-order valence-electron chi connectivity index (χ3n) is 4.66. The molecule has 0 spiro atoms. The lowest BCUT2D eigenvalue weighted by Crippen LogP contribution is -2.47. The number of nitrogens with two attached hydrogens (primary N) is 1. The maximum absolute atomic E-state index is 12.8. The second-order valence-corrected chi connectivity index (χ2v) is 6.74. The molecular weight excluding hydrogens is 355 g/mol. The quantitative estimate of drug-likeness (QED) is 0.781. The van der Waals surface area contributed by atoms with Gasteiger partial charge in [-0.15, -0.1) is 0 Å². The highest BCUT2D eigenvalue weighted by atomic mass is 19.4. The van der Waals surface area contributed by atoms with Crippen LogP contribution >= 0.6 is 0 Å². The van der Waals surface area contributed by atoms with E-state index in [-0.39, 0.29) is 0 Å². The molecule has 0 saturated carbocycles. The van der Waals surface area contributed by atoms with Gasteiger partial charge in [0, 0.05) is 51.0 Å². The SMILES string of the molecule is Nc1cccc(OCCN2CCN(Cc3cccc(C(F)(F)F)c3)CC2)c1. The van der Waals surface area contributed by atoms with E-state index in [4.69, 9.17) is 10.5 Å². The van der Waals surface area contributed by atoms with Gasteiger partial charge in [-0.3, -0.25) is 9.80 Å². The van der Waals surface area contributed by atoms with Gasteiger partial charge in [-0.2, -0.15) is 13.2 Å². The molecule has 1 aliphatic rings. The van der Waals surface area contributed by atoms with Crippen LogP contribution in [0.15, 0.2) is 48.5 Å². The van der Waals surface area contributed by atoms with E-state index in [0.29, 0.717) is 24.4 Å². The number of benzene rings is 2. The molecule has 2 aromatic rings. The van der Waals surface area contributed by atoms with Crippen LogP contribution in [0.4, 0.5) is 18.9 Å². The molecule has 0 radical (unpaired) electrons. The van der Waals surface area contributed by atoms with E-state index in [1.54, 1.807) is 12.1 Å². The van der Waals surface area contributed by atoms with Gasteiger partial charge in [0.05, 0.1) is 5.56 Å². The maximum atomic E-state index is 12.8. The predicted octanol–water partition coefficient (Wildman–Crippen LogP) is 3.48. The summed E-state index contributed by atoms with van der Waals surface area (Å²) in [6.45, 7) is 5.34. The Kier molecular flexibility index (Phi) is 6.23. The minimum atomic E-state index is -4.29. The topological polar surface area (TPSA) is 41.7 Å². The van der Waals surface area contributed by atoms with Crippen molar-refractivity contribution in [3.8, 4) is 5.75 Å². The lowest BCUT2D eigenvalue weighted by Gasteiger charge is -2.34. The number of piperazine rings is 1. The predicted molar refractivity (Wildman–Crippen MR) is 99.5 cm³/mol. The molecule has 2 N–H and O–H groups in total. The van der Waals surface area contributed by atoms with Gasteiger partial charge in [-0.1, -0.05) is 24.3 Å². The summed E-state index contributed by atoms with van der Waals surface area (Å²) < 4.78 is 44.2. The Hall–Kier alpha value is -2.25.